The highest BCUT2D eigenvalue weighted by atomic mass is 35.5. The predicted molar refractivity (Wildman–Crippen MR) is 46.1 cm³/mol. The van der Waals surface area contributed by atoms with Crippen LogP contribution in [-0.2, 0) is 9.53 Å². The average Bonchev–Trinajstić information content (AvgIpc) is 2.43. The van der Waals surface area contributed by atoms with Crippen molar-refractivity contribution in [2.24, 2.45) is 0 Å². The summed E-state index contributed by atoms with van der Waals surface area (Å²) >= 11 is 5.16. The van der Waals surface area contributed by atoms with Gasteiger partial charge in [0, 0.05) is 0 Å². The van der Waals surface area contributed by atoms with E-state index >= 15 is 0 Å². The van der Waals surface area contributed by atoms with E-state index in [1.807, 2.05) is 20.8 Å². The van der Waals surface area contributed by atoms with Crippen molar-refractivity contribution in [3.8, 4) is 0 Å². The summed E-state index contributed by atoms with van der Waals surface area (Å²) in [5.74, 6) is 0. The van der Waals surface area contributed by atoms with Crippen LogP contribution >= 0.6 is 11.6 Å². The third kappa shape index (κ3) is 7.79. The van der Waals surface area contributed by atoms with E-state index in [-0.39, 0.29) is 11.0 Å². The molecule has 0 heterocycles. The van der Waals surface area contributed by atoms with Crippen LogP contribution < -0.4 is 0 Å². The van der Waals surface area contributed by atoms with E-state index in [0.29, 0.717) is 12.9 Å². The van der Waals surface area contributed by atoms with Crippen LogP contribution in [0.4, 0.5) is 4.39 Å². The van der Waals surface area contributed by atoms with Gasteiger partial charge in [0.2, 0.25) is 0 Å². The number of hydrogen-bond acceptors (Lipinski definition) is 2. The summed E-state index contributed by atoms with van der Waals surface area (Å²) in [6.07, 6.45) is -0.113. The largest absolute Gasteiger partial charge is 0.462 e. The number of hydrogen-bond donors (Lipinski definition) is 0. The van der Waals surface area contributed by atoms with Crippen LogP contribution in [0.3, 0.4) is 0 Å². The van der Waals surface area contributed by atoms with Gasteiger partial charge in [0.25, 0.3) is 6.47 Å². The maximum atomic E-state index is 11.4. The molecule has 1 saturated carbocycles. The molecule has 1 rings (SSSR count). The molecule has 0 aromatic rings. The van der Waals surface area contributed by atoms with E-state index in [0.717, 1.165) is 0 Å². The molecule has 0 radical (unpaired) electrons. The van der Waals surface area contributed by atoms with Gasteiger partial charge in [-0.1, -0.05) is 0 Å². The first-order valence-corrected chi connectivity index (χ1v) is 4.20. The monoisotopic (exact) mass is 196 g/mol. The van der Waals surface area contributed by atoms with E-state index in [4.69, 9.17) is 11.6 Å². The first kappa shape index (κ1) is 11.7. The van der Waals surface area contributed by atoms with Crippen LogP contribution in [0.1, 0.15) is 27.2 Å². The molecule has 0 N–H and O–H groups in total. The van der Waals surface area contributed by atoms with E-state index in [1.54, 1.807) is 0 Å². The van der Waals surface area contributed by atoms with Crippen molar-refractivity contribution in [2.45, 2.75) is 44.3 Å². The van der Waals surface area contributed by atoms with E-state index in [9.17, 15) is 9.18 Å². The maximum Gasteiger partial charge on any atom is 0.293 e. The minimum Gasteiger partial charge on any atom is -0.462 e. The Bertz CT molecular complexity index is 138. The van der Waals surface area contributed by atoms with Crippen LogP contribution in [0.25, 0.3) is 0 Å². The first-order chi connectivity index (χ1) is 5.37. The summed E-state index contributed by atoms with van der Waals surface area (Å²) in [6, 6.07) is 0. The molecule has 1 fully saturated rings. The summed E-state index contributed by atoms with van der Waals surface area (Å²) in [5, 5.41) is -0.144. The second-order valence-electron chi connectivity index (χ2n) is 3.59. The molecule has 4 heteroatoms. The molecule has 0 aromatic carbocycles. The van der Waals surface area contributed by atoms with Crippen molar-refractivity contribution in [3.05, 3.63) is 0 Å². The van der Waals surface area contributed by atoms with Gasteiger partial charge in [-0.05, 0) is 27.2 Å². The zero-order chi connectivity index (χ0) is 9.78. The van der Waals surface area contributed by atoms with Gasteiger partial charge in [-0.15, -0.1) is 11.6 Å². The van der Waals surface area contributed by atoms with Gasteiger partial charge in [-0.2, -0.15) is 0 Å². The molecule has 2 atom stereocenters. The van der Waals surface area contributed by atoms with Gasteiger partial charge in [0.1, 0.15) is 11.8 Å². The Balaban J connectivity index is 0.000000211. The number of halogens is 2. The average molecular weight is 197 g/mol. The maximum absolute atomic E-state index is 11.4. The molecule has 1 aliphatic carbocycles. The van der Waals surface area contributed by atoms with Crippen molar-refractivity contribution in [1.29, 1.82) is 0 Å². The third-order valence-electron chi connectivity index (χ3n) is 1.04. The molecular formula is C8H14ClFO2. The molecule has 0 amide bonds. The number of ether oxygens (including phenoxy) is 1. The highest BCUT2D eigenvalue weighted by Gasteiger charge is 2.34. The molecule has 1 aliphatic rings. The summed E-state index contributed by atoms with van der Waals surface area (Å²) in [6.45, 7) is 5.92. The lowest BCUT2D eigenvalue weighted by molar-refractivity contribution is -0.138. The highest BCUT2D eigenvalue weighted by molar-refractivity contribution is 6.22. The Labute approximate surface area is 77.0 Å². The zero-order valence-corrected chi connectivity index (χ0v) is 8.27. The van der Waals surface area contributed by atoms with Crippen molar-refractivity contribution >= 4 is 18.1 Å². The Morgan fingerprint density at radius 3 is 1.92 bits per heavy atom. The second kappa shape index (κ2) is 4.65. The zero-order valence-electron chi connectivity index (χ0n) is 7.51. The molecule has 0 bridgehead atoms. The van der Waals surface area contributed by atoms with Gasteiger partial charge >= 0.3 is 0 Å². The van der Waals surface area contributed by atoms with Gasteiger partial charge in [0.05, 0.1) is 5.38 Å². The van der Waals surface area contributed by atoms with Crippen molar-refractivity contribution in [1.82, 2.24) is 0 Å². The number of alkyl halides is 2. The summed E-state index contributed by atoms with van der Waals surface area (Å²) in [5.41, 5.74) is -0.318. The molecule has 12 heavy (non-hydrogen) atoms. The van der Waals surface area contributed by atoms with Crippen LogP contribution in [-0.4, -0.2) is 23.6 Å². The molecule has 0 saturated heterocycles. The minimum absolute atomic E-state index is 0.144. The molecule has 2 unspecified atom stereocenters. The van der Waals surface area contributed by atoms with E-state index in [1.165, 1.54) is 0 Å². The topological polar surface area (TPSA) is 26.3 Å². The summed E-state index contributed by atoms with van der Waals surface area (Å²) in [7, 11) is 0. The fraction of sp³-hybridized carbons (Fsp3) is 0.875. The molecule has 2 nitrogen and oxygen atoms in total. The standard InChI is InChI=1S/C5H10O2.C3H4ClF/c1-5(2,3)7-4-6;4-2-1-3(2)5/h4H,1-3H3;2-3H,1H2. The Morgan fingerprint density at radius 2 is 1.92 bits per heavy atom. The van der Waals surface area contributed by atoms with Gasteiger partial charge in [-0.3, -0.25) is 4.79 Å². The summed E-state index contributed by atoms with van der Waals surface area (Å²) < 4.78 is 15.9. The fourth-order valence-corrected chi connectivity index (χ4v) is 0.451. The highest BCUT2D eigenvalue weighted by Crippen LogP contribution is 2.30. The number of carbonyl (C=O) groups is 1. The van der Waals surface area contributed by atoms with Gasteiger partial charge < -0.3 is 4.74 Å². The Kier molecular flexibility index (Phi) is 4.53. The van der Waals surface area contributed by atoms with Crippen LogP contribution in [0.2, 0.25) is 0 Å². The normalized spacial score (nSPS) is 26.8. The Hall–Kier alpha value is -0.310. The molecule has 0 spiro atoms. The SMILES string of the molecule is CC(C)(C)OC=O.FC1CC1Cl. The lowest BCUT2D eigenvalue weighted by atomic mass is 10.2. The minimum atomic E-state index is -0.684. The van der Waals surface area contributed by atoms with Crippen molar-refractivity contribution in [3.63, 3.8) is 0 Å². The quantitative estimate of drug-likeness (QED) is 0.475. The molecular weight excluding hydrogens is 183 g/mol. The molecule has 0 aliphatic heterocycles. The second-order valence-corrected chi connectivity index (χ2v) is 4.15. The molecule has 0 aromatic heterocycles. The van der Waals surface area contributed by atoms with Crippen molar-refractivity contribution in [2.75, 3.05) is 0 Å². The lowest BCUT2D eigenvalue weighted by Crippen LogP contribution is -2.17. The van der Waals surface area contributed by atoms with Gasteiger partial charge in [0.15, 0.2) is 0 Å². The van der Waals surface area contributed by atoms with Crippen LogP contribution in [0.15, 0.2) is 0 Å². The Morgan fingerprint density at radius 1 is 1.58 bits per heavy atom. The van der Waals surface area contributed by atoms with Gasteiger partial charge in [-0.25, -0.2) is 4.39 Å². The molecule has 72 valence electrons. The number of carbonyl (C=O) groups excluding carboxylic acids is 1. The van der Waals surface area contributed by atoms with Crippen molar-refractivity contribution < 1.29 is 13.9 Å². The van der Waals surface area contributed by atoms with E-state index in [2.05, 4.69) is 4.74 Å². The first-order valence-electron chi connectivity index (χ1n) is 3.76. The third-order valence-corrected chi connectivity index (χ3v) is 1.49. The summed E-state index contributed by atoms with van der Waals surface area (Å²) in [4.78, 5) is 9.60. The predicted octanol–water partition coefficient (Wildman–Crippen LogP) is 2.29. The van der Waals surface area contributed by atoms with Crippen LogP contribution in [0, 0.1) is 0 Å². The lowest BCUT2D eigenvalue weighted by Gasteiger charge is -2.14. The fourth-order valence-electron chi connectivity index (χ4n) is 0.281. The van der Waals surface area contributed by atoms with E-state index < -0.39 is 6.17 Å². The van der Waals surface area contributed by atoms with Crippen LogP contribution in [0.5, 0.6) is 0 Å². The number of rotatable bonds is 1. The smallest absolute Gasteiger partial charge is 0.293 e.